The second kappa shape index (κ2) is 6.89. The predicted molar refractivity (Wildman–Crippen MR) is 80.5 cm³/mol. The maximum absolute atomic E-state index is 12.3. The van der Waals surface area contributed by atoms with E-state index in [0.717, 1.165) is 5.56 Å². The Labute approximate surface area is 125 Å². The highest BCUT2D eigenvalue weighted by Gasteiger charge is 2.35. The number of halogens is 1. The van der Waals surface area contributed by atoms with Crippen molar-refractivity contribution in [3.05, 3.63) is 34.9 Å². The molecule has 1 fully saturated rings. The molecule has 1 saturated heterocycles. The largest absolute Gasteiger partial charge is 0.381 e. The van der Waals surface area contributed by atoms with Crippen LogP contribution in [0.3, 0.4) is 0 Å². The molecule has 0 bridgehead atoms. The van der Waals surface area contributed by atoms with E-state index in [0.29, 0.717) is 37.6 Å². The first-order valence-electron chi connectivity index (χ1n) is 6.83. The molecule has 112 valence electrons. The van der Waals surface area contributed by atoms with E-state index in [1.54, 1.807) is 6.92 Å². The smallest absolute Gasteiger partial charge is 0.214 e. The van der Waals surface area contributed by atoms with Crippen molar-refractivity contribution < 1.29 is 13.2 Å². The van der Waals surface area contributed by atoms with Crippen LogP contribution in [0.4, 0.5) is 0 Å². The average Bonchev–Trinajstić information content (AvgIpc) is 2.42. The van der Waals surface area contributed by atoms with E-state index >= 15 is 0 Å². The lowest BCUT2D eigenvalue weighted by molar-refractivity contribution is 0.0570. The molecule has 0 saturated carbocycles. The molecule has 0 aliphatic carbocycles. The number of hydrogen-bond acceptors (Lipinski definition) is 3. The van der Waals surface area contributed by atoms with E-state index in [1.165, 1.54) is 0 Å². The SMILES string of the molecule is CCNS(=O)(=O)[C@H]1CCOC[C@H]1Cc1ccc(Cl)cc1. The molecule has 4 nitrogen and oxygen atoms in total. The average molecular weight is 318 g/mol. The number of hydrogen-bond donors (Lipinski definition) is 1. The van der Waals surface area contributed by atoms with Gasteiger partial charge >= 0.3 is 0 Å². The number of ether oxygens (including phenoxy) is 1. The quantitative estimate of drug-likeness (QED) is 0.906. The number of rotatable bonds is 5. The fourth-order valence-electron chi connectivity index (χ4n) is 2.61. The van der Waals surface area contributed by atoms with E-state index in [9.17, 15) is 8.42 Å². The van der Waals surface area contributed by atoms with Gasteiger partial charge in [0.15, 0.2) is 0 Å². The molecular formula is C14H20ClNO3S. The van der Waals surface area contributed by atoms with Crippen molar-refractivity contribution in [1.29, 1.82) is 0 Å². The molecule has 1 aliphatic rings. The molecule has 1 aromatic carbocycles. The summed E-state index contributed by atoms with van der Waals surface area (Å²) in [5.41, 5.74) is 1.08. The lowest BCUT2D eigenvalue weighted by Crippen LogP contribution is -2.44. The maximum Gasteiger partial charge on any atom is 0.214 e. The van der Waals surface area contributed by atoms with Crippen LogP contribution in [0.25, 0.3) is 0 Å². The monoisotopic (exact) mass is 317 g/mol. The summed E-state index contributed by atoms with van der Waals surface area (Å²) in [6.07, 6.45) is 1.24. The summed E-state index contributed by atoms with van der Waals surface area (Å²) in [7, 11) is -3.27. The molecule has 1 aliphatic heterocycles. The molecule has 1 N–H and O–H groups in total. The first-order valence-corrected chi connectivity index (χ1v) is 8.76. The van der Waals surface area contributed by atoms with Gasteiger partial charge in [-0.15, -0.1) is 0 Å². The Hall–Kier alpha value is -0.620. The van der Waals surface area contributed by atoms with Gasteiger partial charge in [0, 0.05) is 24.1 Å². The topological polar surface area (TPSA) is 55.4 Å². The second-order valence-electron chi connectivity index (χ2n) is 5.04. The Bertz CT molecular complexity index is 530. The zero-order valence-corrected chi connectivity index (χ0v) is 13.1. The van der Waals surface area contributed by atoms with E-state index in [-0.39, 0.29) is 11.2 Å². The van der Waals surface area contributed by atoms with E-state index < -0.39 is 10.0 Å². The Kier molecular flexibility index (Phi) is 5.43. The van der Waals surface area contributed by atoms with Gasteiger partial charge in [0.25, 0.3) is 0 Å². The first kappa shape index (κ1) is 15.8. The molecule has 0 spiro atoms. The van der Waals surface area contributed by atoms with Crippen LogP contribution in [0.1, 0.15) is 18.9 Å². The molecule has 0 amide bonds. The first-order chi connectivity index (χ1) is 9.53. The van der Waals surface area contributed by atoms with Gasteiger partial charge < -0.3 is 4.74 Å². The summed E-state index contributed by atoms with van der Waals surface area (Å²) >= 11 is 5.87. The van der Waals surface area contributed by atoms with Gasteiger partial charge in [-0.1, -0.05) is 30.7 Å². The van der Waals surface area contributed by atoms with Crippen LogP contribution in [-0.4, -0.2) is 33.4 Å². The Balaban J connectivity index is 2.13. The van der Waals surface area contributed by atoms with Crippen molar-refractivity contribution in [2.24, 2.45) is 5.92 Å². The third-order valence-electron chi connectivity index (χ3n) is 3.56. The van der Waals surface area contributed by atoms with Crippen molar-refractivity contribution in [1.82, 2.24) is 4.72 Å². The summed E-state index contributed by atoms with van der Waals surface area (Å²) < 4.78 is 32.6. The third-order valence-corrected chi connectivity index (χ3v) is 5.92. The number of nitrogens with one attached hydrogen (secondary N) is 1. The molecule has 1 heterocycles. The zero-order valence-electron chi connectivity index (χ0n) is 11.5. The highest BCUT2D eigenvalue weighted by molar-refractivity contribution is 7.90. The van der Waals surface area contributed by atoms with Crippen LogP contribution >= 0.6 is 11.6 Å². The second-order valence-corrected chi connectivity index (χ2v) is 7.46. The van der Waals surface area contributed by atoms with Gasteiger partial charge in [-0.05, 0) is 30.5 Å². The van der Waals surface area contributed by atoms with Crippen LogP contribution < -0.4 is 4.72 Å². The predicted octanol–water partition coefficient (Wildman–Crippen LogP) is 2.23. The molecule has 0 unspecified atom stereocenters. The van der Waals surface area contributed by atoms with Crippen molar-refractivity contribution in [3.8, 4) is 0 Å². The van der Waals surface area contributed by atoms with E-state index in [1.807, 2.05) is 24.3 Å². The molecule has 0 aromatic heterocycles. The van der Waals surface area contributed by atoms with Gasteiger partial charge in [-0.2, -0.15) is 0 Å². The minimum absolute atomic E-state index is 0.0195. The van der Waals surface area contributed by atoms with Crippen LogP contribution in [-0.2, 0) is 21.2 Å². The molecule has 1 aromatic rings. The molecular weight excluding hydrogens is 298 g/mol. The van der Waals surface area contributed by atoms with Gasteiger partial charge in [0.1, 0.15) is 0 Å². The van der Waals surface area contributed by atoms with Crippen LogP contribution in [0, 0.1) is 5.92 Å². The Morgan fingerprint density at radius 3 is 2.70 bits per heavy atom. The van der Waals surface area contributed by atoms with Crippen LogP contribution in [0.15, 0.2) is 24.3 Å². The summed E-state index contributed by atoms with van der Waals surface area (Å²) in [6, 6.07) is 7.53. The summed E-state index contributed by atoms with van der Waals surface area (Å²) in [5.74, 6) is -0.0195. The van der Waals surface area contributed by atoms with Crippen molar-refractivity contribution in [2.45, 2.75) is 25.0 Å². The van der Waals surface area contributed by atoms with E-state index in [2.05, 4.69) is 4.72 Å². The normalized spacial score (nSPS) is 23.7. The van der Waals surface area contributed by atoms with Gasteiger partial charge in [0.05, 0.1) is 11.9 Å². The molecule has 2 rings (SSSR count). The highest BCUT2D eigenvalue weighted by Crippen LogP contribution is 2.25. The minimum Gasteiger partial charge on any atom is -0.381 e. The third kappa shape index (κ3) is 3.95. The van der Waals surface area contributed by atoms with Gasteiger partial charge in [-0.3, -0.25) is 0 Å². The van der Waals surface area contributed by atoms with Crippen molar-refractivity contribution in [3.63, 3.8) is 0 Å². The number of benzene rings is 1. The minimum atomic E-state index is -3.27. The fourth-order valence-corrected chi connectivity index (χ4v) is 4.44. The van der Waals surface area contributed by atoms with Crippen LogP contribution in [0.2, 0.25) is 5.02 Å². The summed E-state index contributed by atoms with van der Waals surface area (Å²) in [6.45, 7) is 3.21. The maximum atomic E-state index is 12.3. The lowest BCUT2D eigenvalue weighted by Gasteiger charge is -2.31. The Morgan fingerprint density at radius 1 is 1.35 bits per heavy atom. The Morgan fingerprint density at radius 2 is 2.05 bits per heavy atom. The number of sulfonamides is 1. The molecule has 6 heteroatoms. The van der Waals surface area contributed by atoms with E-state index in [4.69, 9.17) is 16.3 Å². The molecule has 20 heavy (non-hydrogen) atoms. The van der Waals surface area contributed by atoms with Gasteiger partial charge in [-0.25, -0.2) is 13.1 Å². The standard InChI is InChI=1S/C14H20ClNO3S/c1-2-16-20(17,18)14-7-8-19-10-12(14)9-11-3-5-13(15)6-4-11/h3-6,12,14,16H,2,7-10H2,1H3/t12-,14+/m1/s1. The van der Waals surface area contributed by atoms with Gasteiger partial charge in [0.2, 0.25) is 10.0 Å². The summed E-state index contributed by atoms with van der Waals surface area (Å²) in [4.78, 5) is 0. The zero-order chi connectivity index (χ0) is 14.6. The molecule has 2 atom stereocenters. The summed E-state index contributed by atoms with van der Waals surface area (Å²) in [5, 5.41) is 0.303. The van der Waals surface area contributed by atoms with Crippen molar-refractivity contribution >= 4 is 21.6 Å². The van der Waals surface area contributed by atoms with Crippen LogP contribution in [0.5, 0.6) is 0 Å². The molecule has 0 radical (unpaired) electrons. The fraction of sp³-hybridized carbons (Fsp3) is 0.571. The highest BCUT2D eigenvalue weighted by atomic mass is 35.5. The van der Waals surface area contributed by atoms with Crippen molar-refractivity contribution in [2.75, 3.05) is 19.8 Å². The lowest BCUT2D eigenvalue weighted by atomic mass is 9.94.